The third-order valence-electron chi connectivity index (χ3n) is 4.71. The number of para-hydroxylation sites is 1. The third kappa shape index (κ3) is 4.68. The van der Waals surface area contributed by atoms with Gasteiger partial charge in [0.2, 0.25) is 0 Å². The molecule has 0 aromatic heterocycles. The van der Waals surface area contributed by atoms with Crippen molar-refractivity contribution in [3.63, 3.8) is 0 Å². The molecule has 1 saturated heterocycles. The van der Waals surface area contributed by atoms with Crippen LogP contribution in [0.25, 0.3) is 6.08 Å². The maximum absolute atomic E-state index is 13.9. The summed E-state index contributed by atoms with van der Waals surface area (Å²) < 4.78 is 25.3. The zero-order chi connectivity index (χ0) is 22.5. The fraction of sp³-hybridized carbons (Fsp3) is 0.120. The van der Waals surface area contributed by atoms with Gasteiger partial charge in [0.25, 0.3) is 11.1 Å². The van der Waals surface area contributed by atoms with Crippen LogP contribution in [0.2, 0.25) is 0 Å². The van der Waals surface area contributed by atoms with Gasteiger partial charge >= 0.3 is 0 Å². The van der Waals surface area contributed by atoms with Crippen LogP contribution in [0.5, 0.6) is 11.5 Å². The molecule has 3 aromatic rings. The number of nitrogens with zero attached hydrogens (tertiary/aromatic N) is 1. The SMILES string of the molecule is CCOc1cc(/C=C2/SC(=O)N(c3ccccc3)C2=O)ccc1OCc1ccccc1F. The average molecular weight is 450 g/mol. The van der Waals surface area contributed by atoms with E-state index in [4.69, 9.17) is 9.47 Å². The second kappa shape index (κ2) is 9.70. The first-order valence-corrected chi connectivity index (χ1v) is 10.8. The molecule has 4 rings (SSSR count). The van der Waals surface area contributed by atoms with Crippen molar-refractivity contribution in [3.05, 3.63) is 94.6 Å². The molecule has 3 aromatic carbocycles. The molecule has 1 aliphatic heterocycles. The Morgan fingerprint density at radius 1 is 0.938 bits per heavy atom. The summed E-state index contributed by atoms with van der Waals surface area (Å²) in [5.41, 5.74) is 1.66. The summed E-state index contributed by atoms with van der Waals surface area (Å²) in [5, 5.41) is -0.345. The van der Waals surface area contributed by atoms with Crippen LogP contribution in [0.1, 0.15) is 18.1 Å². The van der Waals surface area contributed by atoms with E-state index in [9.17, 15) is 14.0 Å². The lowest BCUT2D eigenvalue weighted by molar-refractivity contribution is -0.113. The molecule has 1 fully saturated rings. The number of hydrogen-bond acceptors (Lipinski definition) is 5. The Balaban J connectivity index is 1.56. The fourth-order valence-electron chi connectivity index (χ4n) is 3.19. The fourth-order valence-corrected chi connectivity index (χ4v) is 4.03. The van der Waals surface area contributed by atoms with Crippen molar-refractivity contribution in [2.75, 3.05) is 11.5 Å². The van der Waals surface area contributed by atoms with Crippen molar-refractivity contribution in [1.29, 1.82) is 0 Å². The van der Waals surface area contributed by atoms with Gasteiger partial charge < -0.3 is 9.47 Å². The van der Waals surface area contributed by atoms with Crippen molar-refractivity contribution < 1.29 is 23.5 Å². The Morgan fingerprint density at radius 2 is 1.69 bits per heavy atom. The quantitative estimate of drug-likeness (QED) is 0.411. The van der Waals surface area contributed by atoms with E-state index in [-0.39, 0.29) is 23.6 Å². The molecule has 2 amide bonds. The number of carbonyl (C=O) groups excluding carboxylic acids is 2. The third-order valence-corrected chi connectivity index (χ3v) is 5.58. The van der Waals surface area contributed by atoms with Gasteiger partial charge in [0, 0.05) is 5.56 Å². The van der Waals surface area contributed by atoms with Gasteiger partial charge in [0.1, 0.15) is 12.4 Å². The molecule has 0 saturated carbocycles. The predicted octanol–water partition coefficient (Wildman–Crippen LogP) is 6.04. The molecule has 162 valence electrons. The van der Waals surface area contributed by atoms with Gasteiger partial charge in [0.15, 0.2) is 11.5 Å². The first-order valence-electron chi connectivity index (χ1n) is 10.0. The van der Waals surface area contributed by atoms with E-state index in [1.54, 1.807) is 66.7 Å². The zero-order valence-electron chi connectivity index (χ0n) is 17.3. The molecule has 5 nitrogen and oxygen atoms in total. The van der Waals surface area contributed by atoms with Gasteiger partial charge in [-0.2, -0.15) is 0 Å². The summed E-state index contributed by atoms with van der Waals surface area (Å²) in [6, 6.07) is 20.4. The van der Waals surface area contributed by atoms with Crippen LogP contribution in [-0.2, 0) is 11.4 Å². The topological polar surface area (TPSA) is 55.8 Å². The highest BCUT2D eigenvalue weighted by Gasteiger charge is 2.36. The van der Waals surface area contributed by atoms with Gasteiger partial charge in [-0.3, -0.25) is 9.59 Å². The van der Waals surface area contributed by atoms with Gasteiger partial charge in [-0.15, -0.1) is 0 Å². The van der Waals surface area contributed by atoms with Crippen molar-refractivity contribution in [2.24, 2.45) is 0 Å². The number of amides is 2. The first-order chi connectivity index (χ1) is 15.6. The van der Waals surface area contributed by atoms with Crippen LogP contribution in [0.4, 0.5) is 14.9 Å². The molecule has 32 heavy (non-hydrogen) atoms. The van der Waals surface area contributed by atoms with E-state index in [0.29, 0.717) is 39.8 Å². The molecule has 1 aliphatic rings. The number of ether oxygens (including phenoxy) is 2. The number of imide groups is 1. The highest BCUT2D eigenvalue weighted by Crippen LogP contribution is 2.37. The lowest BCUT2D eigenvalue weighted by Crippen LogP contribution is -2.27. The van der Waals surface area contributed by atoms with Crippen molar-refractivity contribution in [1.82, 2.24) is 0 Å². The summed E-state index contributed by atoms with van der Waals surface area (Å²) in [5.74, 6) is 0.227. The highest BCUT2D eigenvalue weighted by atomic mass is 32.2. The minimum absolute atomic E-state index is 0.0576. The number of anilines is 1. The van der Waals surface area contributed by atoms with Gasteiger partial charge in [-0.25, -0.2) is 9.29 Å². The monoisotopic (exact) mass is 449 g/mol. The molecule has 0 N–H and O–H groups in total. The first kappa shape index (κ1) is 21.6. The normalized spacial score (nSPS) is 14.8. The lowest BCUT2D eigenvalue weighted by atomic mass is 10.1. The van der Waals surface area contributed by atoms with Gasteiger partial charge in [-0.1, -0.05) is 42.5 Å². The number of thioether (sulfide) groups is 1. The van der Waals surface area contributed by atoms with Crippen LogP contribution in [0.3, 0.4) is 0 Å². The summed E-state index contributed by atoms with van der Waals surface area (Å²) >= 11 is 0.889. The highest BCUT2D eigenvalue weighted by molar-refractivity contribution is 8.19. The Kier molecular flexibility index (Phi) is 6.56. The maximum Gasteiger partial charge on any atom is 0.298 e. The van der Waals surface area contributed by atoms with Crippen LogP contribution >= 0.6 is 11.8 Å². The average Bonchev–Trinajstić information content (AvgIpc) is 3.07. The molecule has 7 heteroatoms. The molecule has 0 aliphatic carbocycles. The molecular formula is C25H20FNO4S. The van der Waals surface area contributed by atoms with E-state index in [1.807, 2.05) is 13.0 Å². The predicted molar refractivity (Wildman–Crippen MR) is 123 cm³/mol. The molecule has 0 spiro atoms. The Bertz CT molecular complexity index is 1180. The molecule has 0 radical (unpaired) electrons. The zero-order valence-corrected chi connectivity index (χ0v) is 18.1. The van der Waals surface area contributed by atoms with Crippen LogP contribution in [-0.4, -0.2) is 17.8 Å². The van der Waals surface area contributed by atoms with E-state index in [0.717, 1.165) is 16.7 Å². The largest absolute Gasteiger partial charge is 0.490 e. The number of carbonyl (C=O) groups is 2. The van der Waals surface area contributed by atoms with Crippen molar-refractivity contribution >= 4 is 34.7 Å². The Morgan fingerprint density at radius 3 is 2.44 bits per heavy atom. The van der Waals surface area contributed by atoms with Crippen molar-refractivity contribution in [3.8, 4) is 11.5 Å². The van der Waals surface area contributed by atoms with Crippen LogP contribution < -0.4 is 14.4 Å². The molecule has 1 heterocycles. The molecule has 0 bridgehead atoms. The van der Waals surface area contributed by atoms with Gasteiger partial charge in [-0.05, 0) is 60.7 Å². The number of benzene rings is 3. The van der Waals surface area contributed by atoms with Crippen LogP contribution in [0.15, 0.2) is 77.7 Å². The van der Waals surface area contributed by atoms with E-state index in [1.165, 1.54) is 6.07 Å². The molecular weight excluding hydrogens is 429 g/mol. The van der Waals surface area contributed by atoms with E-state index < -0.39 is 0 Å². The smallest absolute Gasteiger partial charge is 0.298 e. The summed E-state index contributed by atoms with van der Waals surface area (Å²) in [6.07, 6.45) is 1.65. The molecule has 0 unspecified atom stereocenters. The second-order valence-corrected chi connectivity index (χ2v) is 7.87. The van der Waals surface area contributed by atoms with Gasteiger partial charge in [0.05, 0.1) is 17.2 Å². The standard InChI is InChI=1S/C25H20FNO4S/c1-2-30-22-14-17(12-13-21(22)31-16-18-8-6-7-11-20(18)26)15-23-24(28)27(25(29)32-23)19-9-4-3-5-10-19/h3-15H,2,16H2,1H3/b23-15+. The summed E-state index contributed by atoms with van der Waals surface area (Å²) in [4.78, 5) is 26.7. The Hall–Kier alpha value is -3.58. The number of rotatable bonds is 7. The van der Waals surface area contributed by atoms with Crippen LogP contribution in [0, 0.1) is 5.82 Å². The second-order valence-electron chi connectivity index (χ2n) is 6.87. The van der Waals surface area contributed by atoms with E-state index >= 15 is 0 Å². The Labute approximate surface area is 189 Å². The lowest BCUT2D eigenvalue weighted by Gasteiger charge is -2.13. The minimum Gasteiger partial charge on any atom is -0.490 e. The summed E-state index contributed by atoms with van der Waals surface area (Å²) in [7, 11) is 0. The summed E-state index contributed by atoms with van der Waals surface area (Å²) in [6.45, 7) is 2.31. The minimum atomic E-state index is -0.371. The molecule has 0 atom stereocenters. The van der Waals surface area contributed by atoms with Crippen molar-refractivity contribution in [2.45, 2.75) is 13.5 Å². The van der Waals surface area contributed by atoms with E-state index in [2.05, 4.69) is 0 Å². The maximum atomic E-state index is 13.9. The number of halogens is 1. The number of hydrogen-bond donors (Lipinski definition) is 0.